The molecule has 1 aliphatic rings. The third kappa shape index (κ3) is 4.88. The summed E-state index contributed by atoms with van der Waals surface area (Å²) in [6, 6.07) is 2.63. The van der Waals surface area contributed by atoms with Crippen LogP contribution in [0.2, 0.25) is 0 Å². The minimum absolute atomic E-state index is 0.638. The maximum atomic E-state index is 4.43. The number of piperidine rings is 1. The maximum absolute atomic E-state index is 4.43. The minimum Gasteiger partial charge on any atom is -0.308 e. The molecule has 1 aromatic heterocycles. The second kappa shape index (κ2) is 6.96. The summed E-state index contributed by atoms with van der Waals surface area (Å²) in [5.74, 6) is 1.62. The Balaban J connectivity index is 1.71. The van der Waals surface area contributed by atoms with Gasteiger partial charge in [-0.3, -0.25) is 0 Å². The molecule has 1 aliphatic heterocycles. The zero-order valence-corrected chi connectivity index (χ0v) is 12.4. The first-order valence-electron chi connectivity index (χ1n) is 7.37. The lowest BCUT2D eigenvalue weighted by Gasteiger charge is -2.33. The van der Waals surface area contributed by atoms with Crippen LogP contribution >= 0.6 is 0 Å². The van der Waals surface area contributed by atoms with Crippen molar-refractivity contribution in [3.05, 3.63) is 23.8 Å². The third-order valence-electron chi connectivity index (χ3n) is 3.62. The van der Waals surface area contributed by atoms with Crippen LogP contribution in [0.4, 0.5) is 0 Å². The van der Waals surface area contributed by atoms with Crippen molar-refractivity contribution in [3.63, 3.8) is 0 Å². The topological polar surface area (TPSA) is 41.1 Å². The number of aromatic nitrogens is 2. The lowest BCUT2D eigenvalue weighted by molar-refractivity contribution is 0.179. The summed E-state index contributed by atoms with van der Waals surface area (Å²) in [5, 5.41) is 3.62. The van der Waals surface area contributed by atoms with Gasteiger partial charge in [-0.2, -0.15) is 0 Å². The van der Waals surface area contributed by atoms with Crippen molar-refractivity contribution in [3.8, 4) is 0 Å². The van der Waals surface area contributed by atoms with Crippen molar-refractivity contribution in [2.75, 3.05) is 19.6 Å². The van der Waals surface area contributed by atoms with Crippen molar-refractivity contribution < 1.29 is 0 Å². The van der Waals surface area contributed by atoms with Crippen LogP contribution in [0.15, 0.2) is 12.3 Å². The molecule has 1 aromatic rings. The molecular formula is C15H26N4. The first-order chi connectivity index (χ1) is 9.13. The monoisotopic (exact) mass is 262 g/mol. The second-order valence-electron chi connectivity index (χ2n) is 5.94. The third-order valence-corrected chi connectivity index (χ3v) is 3.62. The minimum atomic E-state index is 0.638. The van der Waals surface area contributed by atoms with Crippen LogP contribution in [-0.2, 0) is 6.54 Å². The molecule has 19 heavy (non-hydrogen) atoms. The van der Waals surface area contributed by atoms with Gasteiger partial charge in [0.05, 0.1) is 5.69 Å². The number of hydrogen-bond acceptors (Lipinski definition) is 4. The SMILES string of the molecule is Cc1nccc(CNC2CCN(CC(C)C)CC2)n1. The van der Waals surface area contributed by atoms with Gasteiger partial charge in [-0.25, -0.2) is 9.97 Å². The average molecular weight is 262 g/mol. The van der Waals surface area contributed by atoms with Crippen LogP contribution in [0.3, 0.4) is 0 Å². The quantitative estimate of drug-likeness (QED) is 0.881. The summed E-state index contributed by atoms with van der Waals surface area (Å²) in [6.45, 7) is 11.1. The van der Waals surface area contributed by atoms with E-state index in [1.165, 1.54) is 32.5 Å². The molecule has 0 unspecified atom stereocenters. The van der Waals surface area contributed by atoms with Crippen molar-refractivity contribution in [1.29, 1.82) is 0 Å². The van der Waals surface area contributed by atoms with E-state index in [9.17, 15) is 0 Å². The summed E-state index contributed by atoms with van der Waals surface area (Å²) in [5.41, 5.74) is 1.09. The summed E-state index contributed by atoms with van der Waals surface area (Å²) in [6.07, 6.45) is 4.33. The zero-order chi connectivity index (χ0) is 13.7. The maximum Gasteiger partial charge on any atom is 0.125 e. The zero-order valence-electron chi connectivity index (χ0n) is 12.4. The molecule has 0 aliphatic carbocycles. The fraction of sp³-hybridized carbons (Fsp3) is 0.733. The molecule has 0 spiro atoms. The van der Waals surface area contributed by atoms with E-state index in [0.29, 0.717) is 6.04 Å². The highest BCUT2D eigenvalue weighted by Gasteiger charge is 2.19. The van der Waals surface area contributed by atoms with Crippen molar-refractivity contribution in [2.24, 2.45) is 5.92 Å². The van der Waals surface area contributed by atoms with E-state index in [-0.39, 0.29) is 0 Å². The van der Waals surface area contributed by atoms with Crippen LogP contribution in [0.25, 0.3) is 0 Å². The number of hydrogen-bond donors (Lipinski definition) is 1. The number of aryl methyl sites for hydroxylation is 1. The highest BCUT2D eigenvalue weighted by molar-refractivity contribution is 5.01. The summed E-state index contributed by atoms with van der Waals surface area (Å²) in [4.78, 5) is 11.1. The first-order valence-corrected chi connectivity index (χ1v) is 7.37. The van der Waals surface area contributed by atoms with Gasteiger partial charge in [0, 0.05) is 25.3 Å². The molecule has 0 saturated carbocycles. The predicted octanol–water partition coefficient (Wildman–Crippen LogP) is 2.00. The van der Waals surface area contributed by atoms with Gasteiger partial charge in [0.2, 0.25) is 0 Å². The number of likely N-dealkylation sites (tertiary alicyclic amines) is 1. The number of nitrogens with one attached hydrogen (secondary N) is 1. The van der Waals surface area contributed by atoms with Gasteiger partial charge in [-0.05, 0) is 44.8 Å². The Morgan fingerprint density at radius 2 is 2.11 bits per heavy atom. The molecule has 0 bridgehead atoms. The Morgan fingerprint density at radius 3 is 2.74 bits per heavy atom. The van der Waals surface area contributed by atoms with E-state index in [2.05, 4.69) is 34.0 Å². The van der Waals surface area contributed by atoms with E-state index >= 15 is 0 Å². The molecule has 4 nitrogen and oxygen atoms in total. The number of rotatable bonds is 5. The van der Waals surface area contributed by atoms with Crippen LogP contribution in [0.5, 0.6) is 0 Å². The molecule has 1 saturated heterocycles. The van der Waals surface area contributed by atoms with Crippen LogP contribution in [0.1, 0.15) is 38.2 Å². The lowest BCUT2D eigenvalue weighted by atomic mass is 10.0. The molecule has 0 radical (unpaired) electrons. The van der Waals surface area contributed by atoms with Gasteiger partial charge in [0.25, 0.3) is 0 Å². The molecule has 0 aromatic carbocycles. The molecule has 2 rings (SSSR count). The largest absolute Gasteiger partial charge is 0.308 e. The van der Waals surface area contributed by atoms with Gasteiger partial charge >= 0.3 is 0 Å². The fourth-order valence-electron chi connectivity index (χ4n) is 2.69. The number of nitrogens with zero attached hydrogens (tertiary/aromatic N) is 3. The smallest absolute Gasteiger partial charge is 0.125 e. The van der Waals surface area contributed by atoms with Crippen molar-refractivity contribution in [2.45, 2.75) is 46.2 Å². The average Bonchev–Trinajstić information content (AvgIpc) is 2.37. The van der Waals surface area contributed by atoms with Crippen molar-refractivity contribution in [1.82, 2.24) is 20.2 Å². The van der Waals surface area contributed by atoms with E-state index < -0.39 is 0 Å². The highest BCUT2D eigenvalue weighted by atomic mass is 15.1. The van der Waals surface area contributed by atoms with Crippen molar-refractivity contribution >= 4 is 0 Å². The molecular weight excluding hydrogens is 236 g/mol. The lowest BCUT2D eigenvalue weighted by Crippen LogP contribution is -2.43. The van der Waals surface area contributed by atoms with Crippen LogP contribution in [-0.4, -0.2) is 40.5 Å². The summed E-state index contributed by atoms with van der Waals surface area (Å²) in [7, 11) is 0. The fourth-order valence-corrected chi connectivity index (χ4v) is 2.69. The van der Waals surface area contributed by atoms with Gasteiger partial charge < -0.3 is 10.2 Å². The molecule has 1 N–H and O–H groups in total. The van der Waals surface area contributed by atoms with Gasteiger partial charge in [0.15, 0.2) is 0 Å². The van der Waals surface area contributed by atoms with E-state index in [1.807, 2.05) is 19.2 Å². The van der Waals surface area contributed by atoms with Gasteiger partial charge in [0.1, 0.15) is 5.82 Å². The van der Waals surface area contributed by atoms with Gasteiger partial charge in [-0.1, -0.05) is 13.8 Å². The molecule has 0 atom stereocenters. The summed E-state index contributed by atoms with van der Waals surface area (Å²) < 4.78 is 0. The molecule has 2 heterocycles. The Kier molecular flexibility index (Phi) is 5.28. The first kappa shape index (κ1) is 14.4. The normalized spacial score (nSPS) is 18.1. The van der Waals surface area contributed by atoms with Crippen LogP contribution < -0.4 is 5.32 Å². The van der Waals surface area contributed by atoms with Gasteiger partial charge in [-0.15, -0.1) is 0 Å². The second-order valence-corrected chi connectivity index (χ2v) is 5.94. The molecule has 4 heteroatoms. The molecule has 0 amide bonds. The Bertz CT molecular complexity index is 383. The molecule has 106 valence electrons. The predicted molar refractivity (Wildman–Crippen MR) is 77.9 cm³/mol. The Hall–Kier alpha value is -1.00. The standard InChI is InChI=1S/C15H26N4/c1-12(2)11-19-8-5-14(6-9-19)17-10-15-4-7-16-13(3)18-15/h4,7,12,14,17H,5-6,8-11H2,1-3H3. The van der Waals surface area contributed by atoms with E-state index in [1.54, 1.807) is 0 Å². The highest BCUT2D eigenvalue weighted by Crippen LogP contribution is 2.12. The Morgan fingerprint density at radius 1 is 1.37 bits per heavy atom. The van der Waals surface area contributed by atoms with Crippen LogP contribution in [0, 0.1) is 12.8 Å². The van der Waals surface area contributed by atoms with E-state index in [0.717, 1.165) is 24.0 Å². The summed E-state index contributed by atoms with van der Waals surface area (Å²) >= 11 is 0. The molecule has 1 fully saturated rings. The Labute approximate surface area is 116 Å². The van der Waals surface area contributed by atoms with E-state index in [4.69, 9.17) is 0 Å².